The van der Waals surface area contributed by atoms with Crippen LogP contribution in [0.4, 0.5) is 8.78 Å². The SMILES string of the molecule is O=S(=O)(Cl)c1ccc2c(-c3nnc(C(F)F)s3)n[nH]c2c1. The number of benzene rings is 1. The Morgan fingerprint density at radius 3 is 2.67 bits per heavy atom. The zero-order chi connectivity index (χ0) is 15.2. The van der Waals surface area contributed by atoms with Crippen LogP contribution in [0.3, 0.4) is 0 Å². The number of alkyl halides is 2. The highest BCUT2D eigenvalue weighted by Gasteiger charge is 2.19. The fourth-order valence-electron chi connectivity index (χ4n) is 1.73. The van der Waals surface area contributed by atoms with Crippen molar-refractivity contribution < 1.29 is 17.2 Å². The number of hydrogen-bond donors (Lipinski definition) is 1. The van der Waals surface area contributed by atoms with Gasteiger partial charge in [0.15, 0.2) is 10.0 Å². The molecule has 0 fully saturated rings. The average molecular weight is 351 g/mol. The number of halogens is 3. The van der Waals surface area contributed by atoms with Crippen molar-refractivity contribution in [3.05, 3.63) is 23.2 Å². The Morgan fingerprint density at radius 2 is 2.05 bits per heavy atom. The lowest BCUT2D eigenvalue weighted by Gasteiger charge is -1.96. The van der Waals surface area contributed by atoms with Crippen LogP contribution in [0.25, 0.3) is 21.6 Å². The monoisotopic (exact) mass is 350 g/mol. The Hall–Kier alpha value is -1.65. The molecule has 1 N–H and O–H groups in total. The maximum Gasteiger partial charge on any atom is 0.291 e. The lowest BCUT2D eigenvalue weighted by Crippen LogP contribution is -1.89. The normalized spacial score (nSPS) is 12.4. The van der Waals surface area contributed by atoms with Crippen molar-refractivity contribution in [1.29, 1.82) is 0 Å². The first kappa shape index (κ1) is 14.3. The van der Waals surface area contributed by atoms with Crippen LogP contribution in [0, 0.1) is 0 Å². The molecule has 0 atom stereocenters. The van der Waals surface area contributed by atoms with Crippen LogP contribution in [0.2, 0.25) is 0 Å². The van der Waals surface area contributed by atoms with E-state index < -0.39 is 20.5 Å². The predicted molar refractivity (Wildman–Crippen MR) is 73.0 cm³/mol. The van der Waals surface area contributed by atoms with Crippen molar-refractivity contribution >= 4 is 42.0 Å². The molecule has 0 radical (unpaired) electrons. The molecule has 0 unspecified atom stereocenters. The minimum Gasteiger partial charge on any atom is -0.277 e. The van der Waals surface area contributed by atoms with E-state index in [2.05, 4.69) is 20.4 Å². The number of aromatic nitrogens is 4. The summed E-state index contributed by atoms with van der Waals surface area (Å²) in [6, 6.07) is 4.09. The number of fused-ring (bicyclic) bond motifs is 1. The molecule has 21 heavy (non-hydrogen) atoms. The Labute approximate surface area is 125 Å². The molecule has 0 amide bonds. The molecular formula is C10H5ClF2N4O2S2. The molecule has 0 saturated heterocycles. The second-order valence-corrected chi connectivity index (χ2v) is 7.54. The van der Waals surface area contributed by atoms with Crippen molar-refractivity contribution in [1.82, 2.24) is 20.4 Å². The number of aromatic amines is 1. The Balaban J connectivity index is 2.12. The summed E-state index contributed by atoms with van der Waals surface area (Å²) >= 11 is 0.724. The molecule has 3 rings (SSSR count). The molecule has 6 nitrogen and oxygen atoms in total. The van der Waals surface area contributed by atoms with Crippen molar-refractivity contribution in [3.8, 4) is 10.7 Å². The second kappa shape index (κ2) is 4.97. The maximum atomic E-state index is 12.5. The van der Waals surface area contributed by atoms with Crippen LogP contribution in [0.15, 0.2) is 23.1 Å². The maximum absolute atomic E-state index is 12.5. The van der Waals surface area contributed by atoms with Gasteiger partial charge in [-0.15, -0.1) is 10.2 Å². The Kier molecular flexibility index (Phi) is 3.38. The van der Waals surface area contributed by atoms with Gasteiger partial charge in [0, 0.05) is 16.1 Å². The van der Waals surface area contributed by atoms with Gasteiger partial charge in [-0.3, -0.25) is 5.10 Å². The molecule has 0 bridgehead atoms. The highest BCUT2D eigenvalue weighted by atomic mass is 35.7. The lowest BCUT2D eigenvalue weighted by molar-refractivity contribution is 0.150. The van der Waals surface area contributed by atoms with E-state index in [-0.39, 0.29) is 9.90 Å². The molecule has 1 aromatic carbocycles. The summed E-state index contributed by atoms with van der Waals surface area (Å²) in [5, 5.41) is 14.0. The molecule has 2 heterocycles. The largest absolute Gasteiger partial charge is 0.291 e. The van der Waals surface area contributed by atoms with Crippen LogP contribution in [-0.2, 0) is 9.05 Å². The van der Waals surface area contributed by atoms with Crippen molar-refractivity contribution in [2.75, 3.05) is 0 Å². The van der Waals surface area contributed by atoms with Crippen LogP contribution in [0.5, 0.6) is 0 Å². The summed E-state index contributed by atoms with van der Waals surface area (Å²) in [6.07, 6.45) is -2.70. The van der Waals surface area contributed by atoms with Crippen molar-refractivity contribution in [3.63, 3.8) is 0 Å². The highest BCUT2D eigenvalue weighted by Crippen LogP contribution is 2.32. The van der Waals surface area contributed by atoms with Gasteiger partial charge in [0.25, 0.3) is 15.5 Å². The van der Waals surface area contributed by atoms with Gasteiger partial charge in [-0.25, -0.2) is 17.2 Å². The van der Waals surface area contributed by atoms with E-state index in [9.17, 15) is 17.2 Å². The number of rotatable bonds is 3. The Morgan fingerprint density at radius 1 is 1.29 bits per heavy atom. The highest BCUT2D eigenvalue weighted by molar-refractivity contribution is 8.13. The van der Waals surface area contributed by atoms with Gasteiger partial charge in [-0.2, -0.15) is 5.10 Å². The molecule has 0 saturated carbocycles. The topological polar surface area (TPSA) is 88.6 Å². The van der Waals surface area contributed by atoms with E-state index in [0.717, 1.165) is 11.3 Å². The van der Waals surface area contributed by atoms with Crippen molar-refractivity contribution in [2.45, 2.75) is 11.3 Å². The molecule has 110 valence electrons. The zero-order valence-corrected chi connectivity index (χ0v) is 12.3. The second-order valence-electron chi connectivity index (χ2n) is 3.96. The molecule has 11 heteroatoms. The summed E-state index contributed by atoms with van der Waals surface area (Å²) < 4.78 is 47.6. The van der Waals surface area contributed by atoms with E-state index >= 15 is 0 Å². The molecule has 0 aliphatic carbocycles. The van der Waals surface area contributed by atoms with Gasteiger partial charge < -0.3 is 0 Å². The standard InChI is InChI=1S/C10H5ClF2N4O2S2/c11-21(18,19)4-1-2-5-6(3-4)14-15-7(5)9-16-17-10(20-9)8(12)13/h1-3,8H,(H,14,15). The molecule has 0 aliphatic rings. The first-order valence-corrected chi connectivity index (χ1v) is 8.53. The minimum atomic E-state index is -3.86. The number of nitrogens with one attached hydrogen (secondary N) is 1. The third kappa shape index (κ3) is 2.61. The summed E-state index contributed by atoms with van der Waals surface area (Å²) in [4.78, 5) is -0.0857. The number of nitrogens with zero attached hydrogens (tertiary/aromatic N) is 3. The van der Waals surface area contributed by atoms with Gasteiger partial charge in [-0.05, 0) is 18.2 Å². The predicted octanol–water partition coefficient (Wildman–Crippen LogP) is 2.95. The third-order valence-electron chi connectivity index (χ3n) is 2.65. The first-order valence-electron chi connectivity index (χ1n) is 5.41. The summed E-state index contributed by atoms with van der Waals surface area (Å²) in [5.41, 5.74) is 0.730. The minimum absolute atomic E-state index is 0.0857. The van der Waals surface area contributed by atoms with Crippen LogP contribution in [-0.4, -0.2) is 28.8 Å². The van der Waals surface area contributed by atoms with E-state index in [0.29, 0.717) is 16.6 Å². The van der Waals surface area contributed by atoms with Crippen LogP contribution < -0.4 is 0 Å². The van der Waals surface area contributed by atoms with Gasteiger partial charge >= 0.3 is 0 Å². The fraction of sp³-hybridized carbons (Fsp3) is 0.100. The summed E-state index contributed by atoms with van der Waals surface area (Å²) in [6.45, 7) is 0. The summed E-state index contributed by atoms with van der Waals surface area (Å²) in [5.74, 6) is 0. The number of H-pyrrole nitrogens is 1. The fourth-order valence-corrected chi connectivity index (χ4v) is 3.21. The van der Waals surface area contributed by atoms with Crippen LogP contribution >= 0.6 is 22.0 Å². The van der Waals surface area contributed by atoms with Gasteiger partial charge in [-0.1, -0.05) is 11.3 Å². The van der Waals surface area contributed by atoms with E-state index in [1.54, 1.807) is 0 Å². The van der Waals surface area contributed by atoms with E-state index in [4.69, 9.17) is 10.7 Å². The molecule has 0 spiro atoms. The van der Waals surface area contributed by atoms with E-state index in [1.165, 1.54) is 18.2 Å². The summed E-state index contributed by atoms with van der Waals surface area (Å²) in [7, 11) is 1.40. The zero-order valence-electron chi connectivity index (χ0n) is 9.92. The molecule has 3 aromatic rings. The smallest absolute Gasteiger partial charge is 0.277 e. The Bertz CT molecular complexity index is 922. The first-order chi connectivity index (χ1) is 9.86. The molecule has 2 aromatic heterocycles. The van der Waals surface area contributed by atoms with Crippen LogP contribution in [0.1, 0.15) is 11.4 Å². The lowest BCUT2D eigenvalue weighted by atomic mass is 10.2. The number of hydrogen-bond acceptors (Lipinski definition) is 6. The quantitative estimate of drug-likeness (QED) is 0.733. The molecular weight excluding hydrogens is 346 g/mol. The van der Waals surface area contributed by atoms with Crippen molar-refractivity contribution in [2.24, 2.45) is 0 Å². The molecule has 0 aliphatic heterocycles. The third-order valence-corrected chi connectivity index (χ3v) is 4.93. The average Bonchev–Trinajstić information content (AvgIpc) is 3.03. The van der Waals surface area contributed by atoms with E-state index in [1.807, 2.05) is 0 Å². The van der Waals surface area contributed by atoms with Gasteiger partial charge in [0.2, 0.25) is 0 Å². The van der Waals surface area contributed by atoms with Gasteiger partial charge in [0.1, 0.15) is 5.69 Å². The van der Waals surface area contributed by atoms with Gasteiger partial charge in [0.05, 0.1) is 10.4 Å².